The van der Waals surface area contributed by atoms with Crippen LogP contribution in [0.2, 0.25) is 0 Å². The summed E-state index contributed by atoms with van der Waals surface area (Å²) in [5.74, 6) is 0.538. The van der Waals surface area contributed by atoms with E-state index < -0.39 is 0 Å². The minimum Gasteiger partial charge on any atom is -0.508 e. The van der Waals surface area contributed by atoms with Crippen LogP contribution < -0.4 is 0 Å². The predicted molar refractivity (Wildman–Crippen MR) is 81.3 cm³/mol. The number of phenols is 2. The zero-order valence-electron chi connectivity index (χ0n) is 9.98. The average Bonchev–Trinajstić information content (AvgIpc) is 2.91. The maximum Gasteiger partial charge on any atom is 0.119 e. The number of hydrogen-bond donors (Lipinski definition) is 2. The van der Waals surface area contributed by atoms with E-state index in [0.29, 0.717) is 0 Å². The number of rotatable bonds is 2. The minimum atomic E-state index is -0.235. The van der Waals surface area contributed by atoms with Crippen molar-refractivity contribution < 1.29 is 10.2 Å². The first-order valence-electron chi connectivity index (χ1n) is 5.80. The van der Waals surface area contributed by atoms with Crippen molar-refractivity contribution in [1.82, 2.24) is 0 Å². The molecule has 1 aliphatic rings. The summed E-state index contributed by atoms with van der Waals surface area (Å²) in [4.78, 5) is 0. The average molecular weight is 288 g/mol. The third-order valence-corrected chi connectivity index (χ3v) is 5.92. The quantitative estimate of drug-likeness (QED) is 0.866. The van der Waals surface area contributed by atoms with Gasteiger partial charge in [-0.25, -0.2) is 0 Å². The molecule has 96 valence electrons. The first-order chi connectivity index (χ1) is 9.21. The zero-order chi connectivity index (χ0) is 13.3. The van der Waals surface area contributed by atoms with Crippen LogP contribution in [-0.2, 0) is 4.08 Å². The van der Waals surface area contributed by atoms with E-state index in [1.807, 2.05) is 24.3 Å². The zero-order valence-corrected chi connectivity index (χ0v) is 11.6. The minimum absolute atomic E-state index is 0.235. The van der Waals surface area contributed by atoms with E-state index in [1.54, 1.807) is 47.8 Å². The summed E-state index contributed by atoms with van der Waals surface area (Å²) in [6.45, 7) is 0. The first-order valence-corrected chi connectivity index (χ1v) is 7.56. The topological polar surface area (TPSA) is 40.5 Å². The highest BCUT2D eigenvalue weighted by molar-refractivity contribution is 8.23. The van der Waals surface area contributed by atoms with E-state index in [4.69, 9.17) is 0 Å². The fraction of sp³-hybridized carbons (Fsp3) is 0.0667. The van der Waals surface area contributed by atoms with E-state index in [0.717, 1.165) is 11.1 Å². The van der Waals surface area contributed by atoms with Crippen LogP contribution in [0.4, 0.5) is 0 Å². The van der Waals surface area contributed by atoms with Gasteiger partial charge in [-0.15, -0.1) is 23.5 Å². The molecule has 2 nitrogen and oxygen atoms in total. The van der Waals surface area contributed by atoms with E-state index in [-0.39, 0.29) is 15.6 Å². The van der Waals surface area contributed by atoms with Crippen LogP contribution in [0.3, 0.4) is 0 Å². The van der Waals surface area contributed by atoms with Crippen LogP contribution >= 0.6 is 23.5 Å². The van der Waals surface area contributed by atoms with Gasteiger partial charge in [-0.1, -0.05) is 24.3 Å². The summed E-state index contributed by atoms with van der Waals surface area (Å²) in [5.41, 5.74) is 2.24. The van der Waals surface area contributed by atoms with Crippen molar-refractivity contribution in [3.05, 3.63) is 70.5 Å². The molecule has 0 fully saturated rings. The van der Waals surface area contributed by atoms with Gasteiger partial charge < -0.3 is 10.2 Å². The normalized spacial score (nSPS) is 16.6. The predicted octanol–water partition coefficient (Wildman–Crippen LogP) is 4.25. The highest BCUT2D eigenvalue weighted by atomic mass is 32.2. The number of hydrogen-bond acceptors (Lipinski definition) is 4. The van der Waals surface area contributed by atoms with Gasteiger partial charge >= 0.3 is 0 Å². The maximum atomic E-state index is 9.43. The monoisotopic (exact) mass is 288 g/mol. The van der Waals surface area contributed by atoms with Gasteiger partial charge in [0.05, 0.1) is 0 Å². The van der Waals surface area contributed by atoms with Gasteiger partial charge in [-0.2, -0.15) is 0 Å². The molecule has 3 rings (SSSR count). The molecule has 1 heterocycles. The molecule has 0 aliphatic carbocycles. The summed E-state index contributed by atoms with van der Waals surface area (Å²) in [5, 5.41) is 23.0. The summed E-state index contributed by atoms with van der Waals surface area (Å²) in [6, 6.07) is 14.6. The second kappa shape index (κ2) is 4.87. The first kappa shape index (κ1) is 12.5. The molecule has 0 saturated heterocycles. The van der Waals surface area contributed by atoms with Crippen molar-refractivity contribution in [3.8, 4) is 11.5 Å². The van der Waals surface area contributed by atoms with Crippen molar-refractivity contribution in [1.29, 1.82) is 0 Å². The van der Waals surface area contributed by atoms with Gasteiger partial charge in [0, 0.05) is 0 Å². The Kier molecular flexibility index (Phi) is 3.21. The van der Waals surface area contributed by atoms with Gasteiger partial charge in [0.15, 0.2) is 0 Å². The van der Waals surface area contributed by atoms with Crippen LogP contribution in [0.1, 0.15) is 11.1 Å². The molecule has 0 radical (unpaired) electrons. The lowest BCUT2D eigenvalue weighted by Gasteiger charge is -2.28. The molecule has 2 aromatic rings. The van der Waals surface area contributed by atoms with Crippen LogP contribution in [0.15, 0.2) is 59.3 Å². The smallest absolute Gasteiger partial charge is 0.119 e. The second-order valence-electron chi connectivity index (χ2n) is 4.22. The lowest BCUT2D eigenvalue weighted by atomic mass is 10.0. The largest absolute Gasteiger partial charge is 0.508 e. The van der Waals surface area contributed by atoms with Gasteiger partial charge in [-0.05, 0) is 46.2 Å². The van der Waals surface area contributed by atoms with Crippen molar-refractivity contribution in [3.63, 3.8) is 0 Å². The molecule has 19 heavy (non-hydrogen) atoms. The number of phenolic OH excluding ortho intramolecular Hbond substituents is 2. The van der Waals surface area contributed by atoms with Gasteiger partial charge in [0.25, 0.3) is 0 Å². The fourth-order valence-corrected chi connectivity index (χ4v) is 4.55. The Bertz CT molecular complexity index is 548. The molecule has 0 atom stereocenters. The SMILES string of the molecule is Oc1ccc(C2(c3ccc(O)cc3)SC=CS2)cc1. The Morgan fingerprint density at radius 3 is 1.37 bits per heavy atom. The van der Waals surface area contributed by atoms with Crippen LogP contribution in [-0.4, -0.2) is 10.2 Å². The van der Waals surface area contributed by atoms with Gasteiger partial charge in [0.1, 0.15) is 15.6 Å². The molecule has 4 heteroatoms. The number of aromatic hydroxyl groups is 2. The van der Waals surface area contributed by atoms with E-state index in [2.05, 4.69) is 10.8 Å². The van der Waals surface area contributed by atoms with Crippen LogP contribution in [0.5, 0.6) is 11.5 Å². The number of thioether (sulfide) groups is 2. The maximum absolute atomic E-state index is 9.43. The Morgan fingerprint density at radius 2 is 1.00 bits per heavy atom. The van der Waals surface area contributed by atoms with Crippen molar-refractivity contribution in [2.24, 2.45) is 0 Å². The standard InChI is InChI=1S/C15H12O2S2/c16-13-5-1-11(2-6-13)15(18-9-10-19-15)12-3-7-14(17)8-4-12/h1-10,16-17H. The molecule has 0 aromatic heterocycles. The molecule has 0 bridgehead atoms. The Hall–Kier alpha value is -1.52. The highest BCUT2D eigenvalue weighted by Crippen LogP contribution is 2.57. The van der Waals surface area contributed by atoms with Crippen LogP contribution in [0, 0.1) is 0 Å². The van der Waals surface area contributed by atoms with Crippen molar-refractivity contribution >= 4 is 23.5 Å². The highest BCUT2D eigenvalue weighted by Gasteiger charge is 2.37. The number of benzene rings is 2. The summed E-state index contributed by atoms with van der Waals surface area (Å²) < 4.78 is -0.235. The lowest BCUT2D eigenvalue weighted by molar-refractivity contribution is 0.475. The Labute approximate surface area is 120 Å². The van der Waals surface area contributed by atoms with Gasteiger partial charge in [0.2, 0.25) is 0 Å². The van der Waals surface area contributed by atoms with E-state index >= 15 is 0 Å². The Balaban J connectivity index is 2.09. The molecule has 0 saturated carbocycles. The third kappa shape index (κ3) is 2.22. The lowest BCUT2D eigenvalue weighted by Crippen LogP contribution is -2.15. The molecule has 1 aliphatic heterocycles. The fourth-order valence-electron chi connectivity index (χ4n) is 2.08. The van der Waals surface area contributed by atoms with Crippen molar-refractivity contribution in [2.45, 2.75) is 4.08 Å². The molecule has 0 amide bonds. The molecule has 0 unspecified atom stereocenters. The second-order valence-corrected chi connectivity index (χ2v) is 6.72. The van der Waals surface area contributed by atoms with E-state index in [1.165, 1.54) is 0 Å². The third-order valence-electron chi connectivity index (χ3n) is 3.02. The molecule has 0 spiro atoms. The van der Waals surface area contributed by atoms with Gasteiger partial charge in [-0.3, -0.25) is 0 Å². The molecular weight excluding hydrogens is 276 g/mol. The van der Waals surface area contributed by atoms with Crippen molar-refractivity contribution in [2.75, 3.05) is 0 Å². The molecular formula is C15H12O2S2. The van der Waals surface area contributed by atoms with Crippen LogP contribution in [0.25, 0.3) is 0 Å². The summed E-state index contributed by atoms with van der Waals surface area (Å²) >= 11 is 3.45. The summed E-state index contributed by atoms with van der Waals surface area (Å²) in [7, 11) is 0. The Morgan fingerprint density at radius 1 is 0.632 bits per heavy atom. The molecule has 2 N–H and O–H groups in total. The van der Waals surface area contributed by atoms with E-state index in [9.17, 15) is 10.2 Å². The molecule has 2 aromatic carbocycles. The summed E-state index contributed by atoms with van der Waals surface area (Å²) in [6.07, 6.45) is 0.